The molecule has 0 aliphatic carbocycles. The quantitative estimate of drug-likeness (QED) is 0.215. The summed E-state index contributed by atoms with van der Waals surface area (Å²) in [6.45, 7) is 0. The number of nitrogens with one attached hydrogen (secondary N) is 2. The fourth-order valence-corrected chi connectivity index (χ4v) is 3.43. The van der Waals surface area contributed by atoms with Crippen molar-refractivity contribution in [1.29, 1.82) is 0 Å². The van der Waals surface area contributed by atoms with E-state index < -0.39 is 11.8 Å². The maximum Gasteiger partial charge on any atom is 0.287 e. The number of carbonyl (C=O) groups is 2. The summed E-state index contributed by atoms with van der Waals surface area (Å²) in [5, 5.41) is 8.63. The second kappa shape index (κ2) is 9.67. The third kappa shape index (κ3) is 5.54. The number of hydrogen-bond donors (Lipinski definition) is 2. The van der Waals surface area contributed by atoms with Gasteiger partial charge in [-0.1, -0.05) is 29.8 Å². The van der Waals surface area contributed by atoms with E-state index in [-0.39, 0.29) is 11.3 Å². The van der Waals surface area contributed by atoms with E-state index in [9.17, 15) is 9.59 Å². The molecule has 2 heterocycles. The molecular weight excluding hydrogens is 513 g/mol. The van der Waals surface area contributed by atoms with Crippen LogP contribution in [-0.4, -0.2) is 18.0 Å². The van der Waals surface area contributed by atoms with E-state index in [1.54, 1.807) is 42.5 Å². The second-order valence-electron chi connectivity index (χ2n) is 5.35. The van der Waals surface area contributed by atoms with Crippen LogP contribution in [0, 0.1) is 3.77 Å². The molecule has 28 heavy (non-hydrogen) atoms. The van der Waals surface area contributed by atoms with Gasteiger partial charge in [-0.25, -0.2) is 5.43 Å². The van der Waals surface area contributed by atoms with Gasteiger partial charge >= 0.3 is 0 Å². The third-order valence-corrected chi connectivity index (χ3v) is 5.12. The van der Waals surface area contributed by atoms with Crippen molar-refractivity contribution in [2.24, 2.45) is 5.10 Å². The number of nitrogens with zero attached hydrogens (tertiary/aromatic N) is 1. The number of rotatable bonds is 6. The van der Waals surface area contributed by atoms with Crippen LogP contribution in [0.3, 0.4) is 0 Å². The molecular formula is C19H13ClIN3O3S. The van der Waals surface area contributed by atoms with Gasteiger partial charge in [0.05, 0.1) is 16.8 Å². The van der Waals surface area contributed by atoms with Crippen LogP contribution in [0.15, 0.2) is 69.1 Å². The topological polar surface area (TPSA) is 83.7 Å². The Bertz CT molecular complexity index is 1040. The molecule has 2 N–H and O–H groups in total. The zero-order chi connectivity index (χ0) is 19.9. The number of hydrogen-bond acceptors (Lipinski definition) is 5. The lowest BCUT2D eigenvalue weighted by Crippen LogP contribution is -2.32. The number of carbonyl (C=O) groups excluding carboxylic acids is 2. The SMILES string of the molecule is O=C(N/N=C\c1ccc(I)o1)/C(=C\c1cccs1)NC(=O)c1ccccc1Cl. The molecule has 2 amide bonds. The van der Waals surface area contributed by atoms with Crippen LogP contribution in [0.25, 0.3) is 6.08 Å². The Hall–Kier alpha value is -2.43. The number of amides is 2. The Labute approximate surface area is 183 Å². The van der Waals surface area contributed by atoms with Gasteiger partial charge in [-0.05, 0) is 64.4 Å². The highest BCUT2D eigenvalue weighted by Crippen LogP contribution is 2.17. The fraction of sp³-hybridized carbons (Fsp3) is 0. The van der Waals surface area contributed by atoms with Crippen molar-refractivity contribution in [1.82, 2.24) is 10.7 Å². The Kier molecular flexibility index (Phi) is 7.01. The summed E-state index contributed by atoms with van der Waals surface area (Å²) in [5.41, 5.74) is 2.69. The summed E-state index contributed by atoms with van der Waals surface area (Å²) in [5.74, 6) is -0.576. The van der Waals surface area contributed by atoms with Crippen molar-refractivity contribution in [3.05, 3.63) is 84.6 Å². The van der Waals surface area contributed by atoms with Crippen molar-refractivity contribution < 1.29 is 14.0 Å². The zero-order valence-electron chi connectivity index (χ0n) is 14.2. The van der Waals surface area contributed by atoms with Gasteiger partial charge in [-0.3, -0.25) is 9.59 Å². The minimum Gasteiger partial charge on any atom is -0.449 e. The van der Waals surface area contributed by atoms with Gasteiger partial charge in [-0.2, -0.15) is 5.10 Å². The molecule has 0 unspecified atom stereocenters. The Morgan fingerprint density at radius 3 is 2.64 bits per heavy atom. The van der Waals surface area contributed by atoms with Gasteiger partial charge in [0.2, 0.25) is 0 Å². The molecule has 0 radical (unpaired) electrons. The van der Waals surface area contributed by atoms with Crippen LogP contribution in [0.5, 0.6) is 0 Å². The van der Waals surface area contributed by atoms with E-state index in [1.807, 2.05) is 40.1 Å². The van der Waals surface area contributed by atoms with Gasteiger partial charge in [0.15, 0.2) is 3.77 Å². The first kappa shape index (κ1) is 20.3. The summed E-state index contributed by atoms with van der Waals surface area (Å²) in [7, 11) is 0. The highest BCUT2D eigenvalue weighted by atomic mass is 127. The highest BCUT2D eigenvalue weighted by molar-refractivity contribution is 14.1. The van der Waals surface area contributed by atoms with E-state index in [0.29, 0.717) is 14.5 Å². The molecule has 0 saturated carbocycles. The van der Waals surface area contributed by atoms with E-state index in [1.165, 1.54) is 17.6 Å². The number of halogens is 2. The number of furan rings is 1. The summed E-state index contributed by atoms with van der Waals surface area (Å²) < 4.78 is 6.04. The van der Waals surface area contributed by atoms with Crippen molar-refractivity contribution in [3.63, 3.8) is 0 Å². The molecule has 0 fully saturated rings. The predicted octanol–water partition coefficient (Wildman–Crippen LogP) is 4.52. The van der Waals surface area contributed by atoms with Crippen LogP contribution < -0.4 is 10.7 Å². The van der Waals surface area contributed by atoms with Gasteiger partial charge in [0.25, 0.3) is 11.8 Å². The van der Waals surface area contributed by atoms with E-state index >= 15 is 0 Å². The number of benzene rings is 1. The van der Waals surface area contributed by atoms with Gasteiger partial charge < -0.3 is 9.73 Å². The molecule has 6 nitrogen and oxygen atoms in total. The molecule has 0 saturated heterocycles. The molecule has 0 bridgehead atoms. The average molecular weight is 526 g/mol. The van der Waals surface area contributed by atoms with Crippen LogP contribution in [0.2, 0.25) is 5.02 Å². The fourth-order valence-electron chi connectivity index (χ4n) is 2.12. The standard InChI is InChI=1S/C19H13ClIN3O3S/c20-15-6-2-1-5-14(15)18(25)23-16(10-13-4-3-9-28-13)19(26)24-22-11-12-7-8-17(21)27-12/h1-11H,(H,23,25)(H,24,26)/b16-10+,22-11-. The normalized spacial score (nSPS) is 11.6. The van der Waals surface area contributed by atoms with Crippen LogP contribution in [-0.2, 0) is 4.79 Å². The molecule has 0 spiro atoms. The lowest BCUT2D eigenvalue weighted by Gasteiger charge is -2.09. The van der Waals surface area contributed by atoms with E-state index in [2.05, 4.69) is 15.8 Å². The van der Waals surface area contributed by atoms with Crippen molar-refractivity contribution >= 4 is 69.6 Å². The first-order valence-corrected chi connectivity index (χ1v) is 10.3. The Morgan fingerprint density at radius 2 is 1.96 bits per heavy atom. The average Bonchev–Trinajstić information content (AvgIpc) is 3.33. The van der Waals surface area contributed by atoms with Crippen molar-refractivity contribution in [2.75, 3.05) is 0 Å². The molecule has 142 valence electrons. The van der Waals surface area contributed by atoms with Gasteiger partial charge in [0, 0.05) is 4.88 Å². The predicted molar refractivity (Wildman–Crippen MR) is 118 cm³/mol. The van der Waals surface area contributed by atoms with Crippen molar-refractivity contribution in [2.45, 2.75) is 0 Å². The minimum absolute atomic E-state index is 0.0403. The summed E-state index contributed by atoms with van der Waals surface area (Å²) in [4.78, 5) is 25.9. The maximum atomic E-state index is 12.5. The first-order chi connectivity index (χ1) is 13.5. The summed E-state index contributed by atoms with van der Waals surface area (Å²) in [6.07, 6.45) is 2.94. The smallest absolute Gasteiger partial charge is 0.287 e. The zero-order valence-corrected chi connectivity index (χ0v) is 17.9. The second-order valence-corrected chi connectivity index (χ2v) is 7.80. The lowest BCUT2D eigenvalue weighted by molar-refractivity contribution is -0.117. The molecule has 3 rings (SSSR count). The van der Waals surface area contributed by atoms with Crippen LogP contribution in [0.4, 0.5) is 0 Å². The molecule has 2 aromatic heterocycles. The maximum absolute atomic E-state index is 12.5. The lowest BCUT2D eigenvalue weighted by atomic mass is 10.2. The van der Waals surface area contributed by atoms with E-state index in [0.717, 1.165) is 4.88 Å². The van der Waals surface area contributed by atoms with Crippen molar-refractivity contribution in [3.8, 4) is 0 Å². The Morgan fingerprint density at radius 1 is 1.14 bits per heavy atom. The molecule has 0 atom stereocenters. The van der Waals surface area contributed by atoms with E-state index in [4.69, 9.17) is 16.0 Å². The largest absolute Gasteiger partial charge is 0.449 e. The molecule has 0 aliphatic rings. The number of hydrazone groups is 1. The summed E-state index contributed by atoms with van der Waals surface area (Å²) in [6, 6.07) is 13.8. The van der Waals surface area contributed by atoms with Gasteiger partial charge in [0.1, 0.15) is 11.5 Å². The third-order valence-electron chi connectivity index (χ3n) is 3.39. The molecule has 9 heteroatoms. The number of thiophene rings is 1. The summed E-state index contributed by atoms with van der Waals surface area (Å²) >= 11 is 9.52. The first-order valence-electron chi connectivity index (χ1n) is 7.93. The van der Waals surface area contributed by atoms with Crippen LogP contribution >= 0.6 is 45.5 Å². The van der Waals surface area contributed by atoms with Gasteiger partial charge in [-0.15, -0.1) is 11.3 Å². The minimum atomic E-state index is -0.577. The molecule has 1 aromatic carbocycles. The molecule has 0 aliphatic heterocycles. The Balaban J connectivity index is 1.77. The molecule has 3 aromatic rings. The monoisotopic (exact) mass is 525 g/mol. The van der Waals surface area contributed by atoms with Crippen LogP contribution in [0.1, 0.15) is 21.0 Å². The highest BCUT2D eigenvalue weighted by Gasteiger charge is 2.16.